The lowest BCUT2D eigenvalue weighted by molar-refractivity contribution is -0.308. The molecule has 0 N–H and O–H groups in total. The van der Waals surface area contributed by atoms with Crippen LogP contribution in [-0.4, -0.2) is 35.5 Å². The van der Waals surface area contributed by atoms with Crippen molar-refractivity contribution in [3.05, 3.63) is 35.4 Å². The average Bonchev–Trinajstić information content (AvgIpc) is 2.41. The molecule has 0 saturated carbocycles. The fraction of sp³-hybridized carbons (Fsp3) is 0.500. The van der Waals surface area contributed by atoms with Crippen molar-refractivity contribution >= 4 is 6.09 Å². The predicted octanol–water partition coefficient (Wildman–Crippen LogP) is 4.06. The second-order valence-electron chi connectivity index (χ2n) is 5.30. The van der Waals surface area contributed by atoms with E-state index in [1.165, 1.54) is 6.92 Å². The van der Waals surface area contributed by atoms with Crippen LogP contribution in [0.1, 0.15) is 18.1 Å². The molecule has 1 aliphatic heterocycles. The van der Waals surface area contributed by atoms with Crippen molar-refractivity contribution in [3.63, 3.8) is 0 Å². The lowest BCUT2D eigenvalue weighted by atomic mass is 9.95. The van der Waals surface area contributed by atoms with E-state index in [0.717, 1.165) is 10.5 Å². The van der Waals surface area contributed by atoms with E-state index in [1.54, 1.807) is 24.3 Å². The fourth-order valence-corrected chi connectivity index (χ4v) is 2.41. The van der Waals surface area contributed by atoms with E-state index >= 15 is 0 Å². The molecule has 0 radical (unpaired) electrons. The third kappa shape index (κ3) is 3.89. The molecule has 0 aromatic heterocycles. The highest BCUT2D eigenvalue weighted by Gasteiger charge is 2.60. The van der Waals surface area contributed by atoms with Gasteiger partial charge in [0.25, 0.3) is 6.10 Å². The van der Waals surface area contributed by atoms with Gasteiger partial charge in [-0.1, -0.05) is 24.3 Å². The van der Waals surface area contributed by atoms with Crippen LogP contribution in [-0.2, 0) is 17.7 Å². The van der Waals surface area contributed by atoms with Gasteiger partial charge in [-0.2, -0.15) is 26.3 Å². The van der Waals surface area contributed by atoms with Gasteiger partial charge >= 0.3 is 18.4 Å². The van der Waals surface area contributed by atoms with Gasteiger partial charge in [0.2, 0.25) is 0 Å². The second kappa shape index (κ2) is 5.93. The topological polar surface area (TPSA) is 29.5 Å². The first-order chi connectivity index (χ1) is 10.5. The summed E-state index contributed by atoms with van der Waals surface area (Å²) in [7, 11) is 0. The molecule has 1 aromatic rings. The van der Waals surface area contributed by atoms with Crippen LogP contribution in [0.2, 0.25) is 0 Å². The van der Waals surface area contributed by atoms with Crippen LogP contribution >= 0.6 is 0 Å². The number of fused-ring (bicyclic) bond motifs is 1. The van der Waals surface area contributed by atoms with Crippen LogP contribution in [0.25, 0.3) is 0 Å². The Kier molecular flexibility index (Phi) is 4.50. The monoisotopic (exact) mass is 341 g/mol. The summed E-state index contributed by atoms with van der Waals surface area (Å²) >= 11 is 0. The third-order valence-electron chi connectivity index (χ3n) is 3.55. The van der Waals surface area contributed by atoms with Gasteiger partial charge in [0.05, 0.1) is 0 Å². The van der Waals surface area contributed by atoms with Crippen LogP contribution in [0.15, 0.2) is 24.3 Å². The van der Waals surface area contributed by atoms with Gasteiger partial charge in [-0.05, 0) is 24.5 Å². The first-order valence-corrected chi connectivity index (χ1v) is 6.67. The zero-order valence-corrected chi connectivity index (χ0v) is 11.9. The van der Waals surface area contributed by atoms with Crippen LogP contribution in [0.5, 0.6) is 0 Å². The molecule has 0 fully saturated rings. The molecule has 2 rings (SSSR count). The smallest absolute Gasteiger partial charge is 0.426 e. The largest absolute Gasteiger partial charge is 0.434 e. The lowest BCUT2D eigenvalue weighted by Gasteiger charge is -2.35. The van der Waals surface area contributed by atoms with E-state index in [2.05, 4.69) is 4.74 Å². The van der Waals surface area contributed by atoms with Crippen LogP contribution in [0, 0.1) is 0 Å². The summed E-state index contributed by atoms with van der Waals surface area (Å²) in [5.74, 6) is 0. The van der Waals surface area contributed by atoms with Gasteiger partial charge in [-0.3, -0.25) is 0 Å². The molecule has 1 amide bonds. The van der Waals surface area contributed by atoms with Gasteiger partial charge < -0.3 is 9.64 Å². The number of alkyl halides is 6. The Bertz CT molecular complexity index is 569. The molecule has 1 atom stereocenters. The molecule has 128 valence electrons. The number of carbonyl (C=O) groups is 1. The number of carbonyl (C=O) groups excluding carboxylic acids is 1. The number of benzene rings is 1. The molecule has 0 bridgehead atoms. The fourth-order valence-electron chi connectivity index (χ4n) is 2.41. The molecule has 1 aromatic carbocycles. The number of hydrogen-bond acceptors (Lipinski definition) is 2. The van der Waals surface area contributed by atoms with Crippen molar-refractivity contribution in [3.8, 4) is 0 Å². The Hall–Kier alpha value is -1.93. The number of nitrogens with zero attached hydrogens (tertiary/aromatic N) is 1. The highest BCUT2D eigenvalue weighted by atomic mass is 19.4. The Labute approximate surface area is 127 Å². The number of hydrogen-bond donors (Lipinski definition) is 0. The minimum absolute atomic E-state index is 0.0986. The predicted molar refractivity (Wildman–Crippen MR) is 67.5 cm³/mol. The Morgan fingerprint density at radius 3 is 2.17 bits per heavy atom. The molecular formula is C14H13F6NO2. The SMILES string of the molecule is CC1Cc2ccccc2CN1C(=O)OC(C(F)(F)F)C(F)(F)F. The molecule has 3 nitrogen and oxygen atoms in total. The van der Waals surface area contributed by atoms with Gasteiger partial charge in [0.15, 0.2) is 0 Å². The first-order valence-electron chi connectivity index (χ1n) is 6.67. The Morgan fingerprint density at radius 2 is 1.65 bits per heavy atom. The summed E-state index contributed by atoms with van der Waals surface area (Å²) in [6.45, 7) is 1.44. The second-order valence-corrected chi connectivity index (χ2v) is 5.30. The molecule has 23 heavy (non-hydrogen) atoms. The minimum Gasteiger partial charge on any atom is -0.426 e. The van der Waals surface area contributed by atoms with Crippen LogP contribution < -0.4 is 0 Å². The lowest BCUT2D eigenvalue weighted by Crippen LogP contribution is -2.50. The highest BCUT2D eigenvalue weighted by Crippen LogP contribution is 2.36. The maximum atomic E-state index is 12.5. The van der Waals surface area contributed by atoms with Gasteiger partial charge in [0, 0.05) is 12.6 Å². The maximum Gasteiger partial charge on any atom is 0.434 e. The van der Waals surface area contributed by atoms with Gasteiger partial charge in [0.1, 0.15) is 0 Å². The van der Waals surface area contributed by atoms with Crippen molar-refractivity contribution in [2.24, 2.45) is 0 Å². The molecular weight excluding hydrogens is 328 g/mol. The summed E-state index contributed by atoms with van der Waals surface area (Å²) in [5.41, 5.74) is 1.56. The molecule has 0 aliphatic carbocycles. The van der Waals surface area contributed by atoms with E-state index in [1.807, 2.05) is 0 Å². The number of rotatable bonds is 1. The van der Waals surface area contributed by atoms with E-state index < -0.39 is 30.6 Å². The summed E-state index contributed by atoms with van der Waals surface area (Å²) in [6, 6.07) is 6.32. The number of halogens is 6. The summed E-state index contributed by atoms with van der Waals surface area (Å²) in [5, 5.41) is 0. The van der Waals surface area contributed by atoms with Crippen molar-refractivity contribution in [2.75, 3.05) is 0 Å². The molecule has 0 spiro atoms. The molecule has 1 heterocycles. The maximum absolute atomic E-state index is 12.5. The van der Waals surface area contributed by atoms with Crippen molar-refractivity contribution in [1.82, 2.24) is 4.90 Å². The van der Waals surface area contributed by atoms with E-state index in [4.69, 9.17) is 0 Å². The standard InChI is InChI=1S/C14H13F6NO2/c1-8-6-9-4-2-3-5-10(9)7-21(8)12(22)23-11(13(15,16)17)14(18,19)20/h2-5,8,11H,6-7H2,1H3. The van der Waals surface area contributed by atoms with E-state index in [0.29, 0.717) is 12.0 Å². The summed E-state index contributed by atoms with van der Waals surface area (Å²) in [4.78, 5) is 12.7. The quantitative estimate of drug-likeness (QED) is 0.721. The molecule has 1 aliphatic rings. The first kappa shape index (κ1) is 17.4. The third-order valence-corrected chi connectivity index (χ3v) is 3.55. The molecule has 0 saturated heterocycles. The molecule has 1 unspecified atom stereocenters. The Morgan fingerprint density at radius 1 is 1.13 bits per heavy atom. The average molecular weight is 341 g/mol. The van der Waals surface area contributed by atoms with Gasteiger partial charge in [-0.15, -0.1) is 0 Å². The number of amides is 1. The highest BCUT2D eigenvalue weighted by molar-refractivity contribution is 5.69. The van der Waals surface area contributed by atoms with Gasteiger partial charge in [-0.25, -0.2) is 4.79 Å². The Balaban J connectivity index is 2.17. The van der Waals surface area contributed by atoms with Crippen LogP contribution in [0.3, 0.4) is 0 Å². The molecule has 9 heteroatoms. The van der Waals surface area contributed by atoms with Crippen molar-refractivity contribution in [1.29, 1.82) is 0 Å². The van der Waals surface area contributed by atoms with E-state index in [-0.39, 0.29) is 6.54 Å². The zero-order valence-electron chi connectivity index (χ0n) is 11.9. The minimum atomic E-state index is -5.72. The summed E-state index contributed by atoms with van der Waals surface area (Å²) < 4.78 is 78.5. The zero-order chi connectivity index (χ0) is 17.4. The summed E-state index contributed by atoms with van der Waals surface area (Å²) in [6.07, 6.45) is -16.9. The normalized spacial score (nSPS) is 18.8. The van der Waals surface area contributed by atoms with Crippen LogP contribution in [0.4, 0.5) is 31.1 Å². The van der Waals surface area contributed by atoms with E-state index in [9.17, 15) is 31.1 Å². The number of ether oxygens (including phenoxy) is 1. The van der Waals surface area contributed by atoms with Crippen molar-refractivity contribution < 1.29 is 35.9 Å². The van der Waals surface area contributed by atoms with Crippen molar-refractivity contribution in [2.45, 2.75) is 44.4 Å².